The van der Waals surface area contributed by atoms with E-state index in [0.717, 1.165) is 25.2 Å². The van der Waals surface area contributed by atoms with Crippen LogP contribution >= 0.6 is 0 Å². The van der Waals surface area contributed by atoms with E-state index < -0.39 is 0 Å². The summed E-state index contributed by atoms with van der Waals surface area (Å²) in [5.41, 5.74) is 3.08. The minimum absolute atomic E-state index is 0.334. The summed E-state index contributed by atoms with van der Waals surface area (Å²) in [7, 11) is 0. The molecule has 2 rings (SSSR count). The molecular formula is C13H18O. The maximum Gasteiger partial charge on any atom is 0.125 e. The summed E-state index contributed by atoms with van der Waals surface area (Å²) >= 11 is 0. The van der Waals surface area contributed by atoms with E-state index in [-0.39, 0.29) is 0 Å². The Kier molecular flexibility index (Phi) is 2.26. The highest BCUT2D eigenvalue weighted by atomic mass is 16.5. The summed E-state index contributed by atoms with van der Waals surface area (Å²) in [5, 5.41) is 0. The second-order valence-electron chi connectivity index (χ2n) is 5.24. The van der Waals surface area contributed by atoms with Crippen molar-refractivity contribution >= 4 is 0 Å². The molecule has 0 N–H and O–H groups in total. The van der Waals surface area contributed by atoms with Gasteiger partial charge in [-0.2, -0.15) is 0 Å². The van der Waals surface area contributed by atoms with Crippen LogP contribution in [0.2, 0.25) is 0 Å². The minimum atomic E-state index is 0.334. The van der Waals surface area contributed by atoms with E-state index in [1.54, 1.807) is 0 Å². The fourth-order valence-corrected chi connectivity index (χ4v) is 1.99. The van der Waals surface area contributed by atoms with E-state index in [9.17, 15) is 0 Å². The van der Waals surface area contributed by atoms with Gasteiger partial charge in [-0.25, -0.2) is 0 Å². The number of rotatable bonds is 1. The standard InChI is InChI=1S/C13H18O/c1-13(2,3)9-11-6-4-5-10-7-8-14-12(10)11/h4-6H,7-9H2,1-3H3. The molecule has 0 atom stereocenters. The smallest absolute Gasteiger partial charge is 0.125 e. The zero-order chi connectivity index (χ0) is 10.2. The Hall–Kier alpha value is -0.980. The first kappa shape index (κ1) is 9.57. The van der Waals surface area contributed by atoms with Gasteiger partial charge in [-0.3, -0.25) is 0 Å². The average Bonchev–Trinajstić information content (AvgIpc) is 2.49. The molecule has 1 heteroatoms. The SMILES string of the molecule is CC(C)(C)Cc1cccc2c1OCC2. The lowest BCUT2D eigenvalue weighted by Gasteiger charge is -2.19. The van der Waals surface area contributed by atoms with Crippen LogP contribution in [0.25, 0.3) is 0 Å². The zero-order valence-electron chi connectivity index (χ0n) is 9.26. The van der Waals surface area contributed by atoms with Gasteiger partial charge in [0.05, 0.1) is 6.61 Å². The van der Waals surface area contributed by atoms with E-state index >= 15 is 0 Å². The van der Waals surface area contributed by atoms with Crippen LogP contribution in [0.5, 0.6) is 5.75 Å². The maximum absolute atomic E-state index is 5.68. The number of ether oxygens (including phenoxy) is 1. The van der Waals surface area contributed by atoms with Crippen LogP contribution in [0.1, 0.15) is 31.9 Å². The molecule has 1 aliphatic rings. The summed E-state index contributed by atoms with van der Waals surface area (Å²) in [4.78, 5) is 0. The van der Waals surface area contributed by atoms with Crippen molar-refractivity contribution < 1.29 is 4.74 Å². The van der Waals surface area contributed by atoms with Crippen LogP contribution in [0.15, 0.2) is 18.2 Å². The van der Waals surface area contributed by atoms with Crippen LogP contribution in [0.3, 0.4) is 0 Å². The molecule has 0 aromatic heterocycles. The fraction of sp³-hybridized carbons (Fsp3) is 0.538. The molecule has 0 bridgehead atoms. The van der Waals surface area contributed by atoms with Gasteiger partial charge < -0.3 is 4.74 Å². The monoisotopic (exact) mass is 190 g/mol. The highest BCUT2D eigenvalue weighted by molar-refractivity contribution is 5.44. The highest BCUT2D eigenvalue weighted by Gasteiger charge is 2.19. The first-order valence-corrected chi connectivity index (χ1v) is 5.30. The van der Waals surface area contributed by atoms with Crippen molar-refractivity contribution in [1.82, 2.24) is 0 Å². The summed E-state index contributed by atoms with van der Waals surface area (Å²) in [5.74, 6) is 1.16. The Labute approximate surface area is 86.1 Å². The molecule has 1 aromatic rings. The van der Waals surface area contributed by atoms with Crippen molar-refractivity contribution in [1.29, 1.82) is 0 Å². The molecule has 1 nitrogen and oxygen atoms in total. The predicted octanol–water partition coefficient (Wildman–Crippen LogP) is 3.21. The van der Waals surface area contributed by atoms with Crippen LogP contribution < -0.4 is 4.74 Å². The van der Waals surface area contributed by atoms with Gasteiger partial charge in [0.25, 0.3) is 0 Å². The van der Waals surface area contributed by atoms with E-state index in [0.29, 0.717) is 5.41 Å². The lowest BCUT2D eigenvalue weighted by atomic mass is 9.87. The van der Waals surface area contributed by atoms with Gasteiger partial charge >= 0.3 is 0 Å². The van der Waals surface area contributed by atoms with Crippen molar-refractivity contribution in [3.05, 3.63) is 29.3 Å². The fourth-order valence-electron chi connectivity index (χ4n) is 1.99. The minimum Gasteiger partial charge on any atom is -0.493 e. The van der Waals surface area contributed by atoms with Crippen molar-refractivity contribution in [2.75, 3.05) is 6.61 Å². The second kappa shape index (κ2) is 3.30. The Bertz CT molecular complexity index is 334. The molecule has 0 saturated heterocycles. The number of fused-ring (bicyclic) bond motifs is 1. The molecule has 14 heavy (non-hydrogen) atoms. The van der Waals surface area contributed by atoms with Crippen LogP contribution in [-0.4, -0.2) is 6.61 Å². The van der Waals surface area contributed by atoms with Crippen molar-refractivity contribution in [2.45, 2.75) is 33.6 Å². The normalized spacial score (nSPS) is 15.1. The molecule has 0 radical (unpaired) electrons. The van der Waals surface area contributed by atoms with Gasteiger partial charge in [0.15, 0.2) is 0 Å². The summed E-state index contributed by atoms with van der Waals surface area (Å²) < 4.78 is 5.68. The van der Waals surface area contributed by atoms with Crippen LogP contribution in [0.4, 0.5) is 0 Å². The number of hydrogen-bond donors (Lipinski definition) is 0. The zero-order valence-corrected chi connectivity index (χ0v) is 9.26. The molecule has 0 aliphatic carbocycles. The number of para-hydroxylation sites is 1. The van der Waals surface area contributed by atoms with Crippen molar-refractivity contribution in [3.63, 3.8) is 0 Å². The molecule has 0 saturated carbocycles. The Morgan fingerprint density at radius 3 is 2.79 bits per heavy atom. The molecule has 1 heterocycles. The molecule has 1 aromatic carbocycles. The van der Waals surface area contributed by atoms with Crippen molar-refractivity contribution in [2.24, 2.45) is 5.41 Å². The van der Waals surface area contributed by atoms with E-state index in [4.69, 9.17) is 4.74 Å². The van der Waals surface area contributed by atoms with Gasteiger partial charge in [-0.05, 0) is 23.0 Å². The summed E-state index contributed by atoms with van der Waals surface area (Å²) in [6.07, 6.45) is 2.17. The largest absolute Gasteiger partial charge is 0.493 e. The molecule has 76 valence electrons. The number of hydrogen-bond acceptors (Lipinski definition) is 1. The van der Waals surface area contributed by atoms with Gasteiger partial charge in [-0.1, -0.05) is 39.0 Å². The van der Waals surface area contributed by atoms with E-state index in [1.165, 1.54) is 11.1 Å². The van der Waals surface area contributed by atoms with Crippen LogP contribution in [0, 0.1) is 5.41 Å². The Morgan fingerprint density at radius 2 is 2.07 bits per heavy atom. The average molecular weight is 190 g/mol. The molecule has 0 amide bonds. The van der Waals surface area contributed by atoms with E-state index in [1.807, 2.05) is 0 Å². The molecule has 1 aliphatic heterocycles. The van der Waals surface area contributed by atoms with Gasteiger partial charge in [0, 0.05) is 6.42 Å². The third kappa shape index (κ3) is 1.92. The molecular weight excluding hydrogens is 172 g/mol. The molecule has 0 unspecified atom stereocenters. The maximum atomic E-state index is 5.68. The lowest BCUT2D eigenvalue weighted by Crippen LogP contribution is -2.09. The van der Waals surface area contributed by atoms with Gasteiger partial charge in [0.2, 0.25) is 0 Å². The predicted molar refractivity (Wildman–Crippen MR) is 58.8 cm³/mol. The molecule has 0 fully saturated rings. The first-order valence-electron chi connectivity index (χ1n) is 5.30. The highest BCUT2D eigenvalue weighted by Crippen LogP contribution is 2.33. The first-order chi connectivity index (χ1) is 6.56. The van der Waals surface area contributed by atoms with Crippen molar-refractivity contribution in [3.8, 4) is 5.75 Å². The van der Waals surface area contributed by atoms with Crippen LogP contribution in [-0.2, 0) is 12.8 Å². The second-order valence-corrected chi connectivity index (χ2v) is 5.24. The lowest BCUT2D eigenvalue weighted by molar-refractivity contribution is 0.343. The Morgan fingerprint density at radius 1 is 1.29 bits per heavy atom. The van der Waals surface area contributed by atoms with Gasteiger partial charge in [0.1, 0.15) is 5.75 Å². The summed E-state index contributed by atoms with van der Waals surface area (Å²) in [6.45, 7) is 7.65. The third-order valence-corrected chi connectivity index (χ3v) is 2.52. The van der Waals surface area contributed by atoms with E-state index in [2.05, 4.69) is 39.0 Å². The molecule has 0 spiro atoms. The quantitative estimate of drug-likeness (QED) is 0.660. The Balaban J connectivity index is 2.31. The third-order valence-electron chi connectivity index (χ3n) is 2.52. The topological polar surface area (TPSA) is 9.23 Å². The van der Waals surface area contributed by atoms with Gasteiger partial charge in [-0.15, -0.1) is 0 Å². The summed E-state index contributed by atoms with van der Waals surface area (Å²) in [6, 6.07) is 6.51. The number of benzene rings is 1.